The highest BCUT2D eigenvalue weighted by Gasteiger charge is 2.36. The lowest BCUT2D eigenvalue weighted by molar-refractivity contribution is 0.160. The SMILES string of the molecule is O=C(NC1CCCc2c1cnn2Cc1ccccc1)N(CC1CCOC1)C1CC1. The van der Waals surface area contributed by atoms with Crippen molar-refractivity contribution in [1.82, 2.24) is 20.0 Å². The molecule has 0 radical (unpaired) electrons. The van der Waals surface area contributed by atoms with Gasteiger partial charge in [-0.15, -0.1) is 0 Å². The first-order valence-corrected chi connectivity index (χ1v) is 11.0. The summed E-state index contributed by atoms with van der Waals surface area (Å²) in [5, 5.41) is 8.00. The monoisotopic (exact) mass is 394 g/mol. The van der Waals surface area contributed by atoms with Gasteiger partial charge in [0.1, 0.15) is 0 Å². The van der Waals surface area contributed by atoms with Gasteiger partial charge in [-0.25, -0.2) is 4.79 Å². The number of hydrogen-bond donors (Lipinski definition) is 1. The Kier molecular flexibility index (Phi) is 5.27. The Balaban J connectivity index is 1.28. The highest BCUT2D eigenvalue weighted by molar-refractivity contribution is 5.75. The molecule has 5 rings (SSSR count). The van der Waals surface area contributed by atoms with Gasteiger partial charge >= 0.3 is 6.03 Å². The molecule has 154 valence electrons. The first-order chi connectivity index (χ1) is 14.3. The van der Waals surface area contributed by atoms with Crippen LogP contribution in [0.1, 0.15) is 55.0 Å². The maximum Gasteiger partial charge on any atom is 0.318 e. The van der Waals surface area contributed by atoms with Crippen LogP contribution < -0.4 is 5.32 Å². The molecule has 6 nitrogen and oxygen atoms in total. The third-order valence-electron chi connectivity index (χ3n) is 6.46. The first kappa shape index (κ1) is 18.7. The van der Waals surface area contributed by atoms with Crippen molar-refractivity contribution >= 4 is 6.03 Å². The molecule has 1 saturated heterocycles. The Morgan fingerprint density at radius 3 is 2.83 bits per heavy atom. The fourth-order valence-electron chi connectivity index (χ4n) is 4.68. The number of nitrogens with one attached hydrogen (secondary N) is 1. The molecule has 0 spiro atoms. The summed E-state index contributed by atoms with van der Waals surface area (Å²) >= 11 is 0. The van der Waals surface area contributed by atoms with Crippen LogP contribution in [-0.2, 0) is 17.7 Å². The van der Waals surface area contributed by atoms with Gasteiger partial charge in [0.25, 0.3) is 0 Å². The molecule has 3 aliphatic rings. The van der Waals surface area contributed by atoms with Crippen molar-refractivity contribution in [2.45, 2.75) is 57.2 Å². The molecule has 29 heavy (non-hydrogen) atoms. The van der Waals surface area contributed by atoms with E-state index in [4.69, 9.17) is 4.74 Å². The van der Waals surface area contributed by atoms with Gasteiger partial charge in [0, 0.05) is 36.4 Å². The summed E-state index contributed by atoms with van der Waals surface area (Å²) < 4.78 is 7.63. The Labute approximate surface area is 172 Å². The minimum Gasteiger partial charge on any atom is -0.381 e. The van der Waals surface area contributed by atoms with E-state index in [-0.39, 0.29) is 12.1 Å². The number of amides is 2. The number of urea groups is 1. The van der Waals surface area contributed by atoms with Crippen LogP contribution in [0.2, 0.25) is 0 Å². The van der Waals surface area contributed by atoms with Gasteiger partial charge in [0.15, 0.2) is 0 Å². The quantitative estimate of drug-likeness (QED) is 0.816. The summed E-state index contributed by atoms with van der Waals surface area (Å²) in [6.07, 6.45) is 8.39. The minimum atomic E-state index is 0.0665. The maximum atomic E-state index is 13.1. The second-order valence-electron chi connectivity index (χ2n) is 8.70. The second kappa shape index (κ2) is 8.19. The molecule has 2 unspecified atom stereocenters. The lowest BCUT2D eigenvalue weighted by Gasteiger charge is -2.30. The molecule has 1 aliphatic heterocycles. The molecule has 2 heterocycles. The van der Waals surface area contributed by atoms with E-state index in [0.29, 0.717) is 12.0 Å². The molecule has 2 aliphatic carbocycles. The van der Waals surface area contributed by atoms with Crippen LogP contribution >= 0.6 is 0 Å². The number of fused-ring (bicyclic) bond motifs is 1. The highest BCUT2D eigenvalue weighted by Crippen LogP contribution is 2.32. The first-order valence-electron chi connectivity index (χ1n) is 11.0. The average Bonchev–Trinajstić information content (AvgIpc) is 3.29. The third-order valence-corrected chi connectivity index (χ3v) is 6.46. The topological polar surface area (TPSA) is 59.4 Å². The van der Waals surface area contributed by atoms with Gasteiger partial charge in [-0.3, -0.25) is 4.68 Å². The number of benzene rings is 1. The van der Waals surface area contributed by atoms with Crippen LogP contribution in [0.4, 0.5) is 4.79 Å². The van der Waals surface area contributed by atoms with Crippen LogP contribution in [0, 0.1) is 5.92 Å². The van der Waals surface area contributed by atoms with Crippen molar-refractivity contribution in [2.24, 2.45) is 5.92 Å². The van der Waals surface area contributed by atoms with Crippen LogP contribution in [0.3, 0.4) is 0 Å². The predicted molar refractivity (Wildman–Crippen MR) is 111 cm³/mol. The zero-order valence-electron chi connectivity index (χ0n) is 16.9. The van der Waals surface area contributed by atoms with Gasteiger partial charge in [0.05, 0.1) is 25.4 Å². The lowest BCUT2D eigenvalue weighted by Crippen LogP contribution is -2.45. The smallest absolute Gasteiger partial charge is 0.318 e. The number of aromatic nitrogens is 2. The minimum absolute atomic E-state index is 0.0665. The summed E-state index contributed by atoms with van der Waals surface area (Å²) in [5.41, 5.74) is 3.72. The molecule has 0 bridgehead atoms. The number of carbonyl (C=O) groups is 1. The molecule has 2 aromatic rings. The Bertz CT molecular complexity index is 840. The van der Waals surface area contributed by atoms with Crippen LogP contribution in [0.25, 0.3) is 0 Å². The van der Waals surface area contributed by atoms with Crippen LogP contribution in [0.15, 0.2) is 36.5 Å². The average molecular weight is 395 g/mol. The number of ether oxygens (including phenoxy) is 1. The van der Waals surface area contributed by atoms with Gasteiger partial charge in [-0.1, -0.05) is 30.3 Å². The summed E-state index contributed by atoms with van der Waals surface area (Å²) in [6, 6.07) is 11.0. The summed E-state index contributed by atoms with van der Waals surface area (Å²) in [7, 11) is 0. The Hall–Kier alpha value is -2.34. The molecule has 2 atom stereocenters. The van der Waals surface area contributed by atoms with Gasteiger partial charge in [-0.05, 0) is 44.1 Å². The molecule has 2 fully saturated rings. The van der Waals surface area contributed by atoms with Gasteiger partial charge < -0.3 is 15.0 Å². The number of carbonyl (C=O) groups excluding carboxylic acids is 1. The second-order valence-corrected chi connectivity index (χ2v) is 8.70. The molecular formula is C23H30N4O2. The zero-order chi connectivity index (χ0) is 19.6. The Morgan fingerprint density at radius 1 is 1.21 bits per heavy atom. The Morgan fingerprint density at radius 2 is 2.07 bits per heavy atom. The van der Waals surface area contributed by atoms with E-state index in [2.05, 4.69) is 44.3 Å². The van der Waals surface area contributed by atoms with Crippen molar-refractivity contribution in [3.05, 3.63) is 53.3 Å². The van der Waals surface area contributed by atoms with Crippen molar-refractivity contribution in [3.8, 4) is 0 Å². The fraction of sp³-hybridized carbons (Fsp3) is 0.565. The van der Waals surface area contributed by atoms with Gasteiger partial charge in [0.2, 0.25) is 0 Å². The zero-order valence-corrected chi connectivity index (χ0v) is 16.9. The summed E-state index contributed by atoms with van der Waals surface area (Å²) in [4.78, 5) is 15.2. The van der Waals surface area contributed by atoms with Crippen molar-refractivity contribution < 1.29 is 9.53 Å². The molecular weight excluding hydrogens is 364 g/mol. The summed E-state index contributed by atoms with van der Waals surface area (Å²) in [5.74, 6) is 0.483. The molecule has 6 heteroatoms. The van der Waals surface area contributed by atoms with Crippen molar-refractivity contribution in [3.63, 3.8) is 0 Å². The third kappa shape index (κ3) is 4.17. The van der Waals surface area contributed by atoms with E-state index in [0.717, 1.165) is 64.8 Å². The predicted octanol–water partition coefficient (Wildman–Crippen LogP) is 3.52. The number of hydrogen-bond acceptors (Lipinski definition) is 3. The lowest BCUT2D eigenvalue weighted by atomic mass is 9.93. The van der Waals surface area contributed by atoms with Gasteiger partial charge in [-0.2, -0.15) is 5.10 Å². The van der Waals surface area contributed by atoms with E-state index in [1.54, 1.807) is 0 Å². The number of rotatable bonds is 6. The van der Waals surface area contributed by atoms with Crippen LogP contribution in [-0.4, -0.2) is 46.5 Å². The normalized spacial score (nSPS) is 23.6. The van der Waals surface area contributed by atoms with E-state index in [9.17, 15) is 4.79 Å². The fourth-order valence-corrected chi connectivity index (χ4v) is 4.68. The molecule has 2 amide bonds. The van der Waals surface area contributed by atoms with Crippen LogP contribution in [0.5, 0.6) is 0 Å². The molecule has 1 saturated carbocycles. The molecule has 1 aromatic carbocycles. The van der Waals surface area contributed by atoms with E-state index in [1.807, 2.05) is 12.3 Å². The maximum absolute atomic E-state index is 13.1. The molecule has 1 N–H and O–H groups in total. The number of nitrogens with zero attached hydrogens (tertiary/aromatic N) is 3. The van der Waals surface area contributed by atoms with E-state index < -0.39 is 0 Å². The van der Waals surface area contributed by atoms with E-state index >= 15 is 0 Å². The molecule has 1 aromatic heterocycles. The standard InChI is InChI=1S/C23H30N4O2/c28-23(26(19-9-10-19)14-18-11-12-29-16-18)25-21-7-4-8-22-20(21)13-24-27(22)15-17-5-2-1-3-6-17/h1-3,5-6,13,18-19,21H,4,7-12,14-16H2,(H,25,28). The van der Waals surface area contributed by atoms with Crippen molar-refractivity contribution in [1.29, 1.82) is 0 Å². The highest BCUT2D eigenvalue weighted by atomic mass is 16.5. The summed E-state index contributed by atoms with van der Waals surface area (Å²) in [6.45, 7) is 3.23. The van der Waals surface area contributed by atoms with Crippen molar-refractivity contribution in [2.75, 3.05) is 19.8 Å². The largest absolute Gasteiger partial charge is 0.381 e. The van der Waals surface area contributed by atoms with E-state index in [1.165, 1.54) is 16.8 Å².